The Kier molecular flexibility index (Phi) is 3.51. The van der Waals surface area contributed by atoms with E-state index in [9.17, 15) is 4.79 Å². The van der Waals surface area contributed by atoms with E-state index in [0.717, 1.165) is 0 Å². The van der Waals surface area contributed by atoms with Crippen LogP contribution >= 0.6 is 11.3 Å². The Morgan fingerprint density at radius 2 is 2.35 bits per heavy atom. The van der Waals surface area contributed by atoms with Crippen molar-refractivity contribution in [2.24, 2.45) is 0 Å². The third kappa shape index (κ3) is 2.21. The van der Waals surface area contributed by atoms with Crippen LogP contribution < -0.4 is 5.73 Å². The maximum absolute atomic E-state index is 12.5. The van der Waals surface area contributed by atoms with Crippen molar-refractivity contribution < 1.29 is 14.6 Å². The van der Waals surface area contributed by atoms with Crippen molar-refractivity contribution in [2.45, 2.75) is 6.10 Å². The molecule has 0 aliphatic carbocycles. The molecule has 2 aromatic rings. The van der Waals surface area contributed by atoms with Gasteiger partial charge >= 0.3 is 0 Å². The number of hydrogen-bond donors (Lipinski definition) is 2. The van der Waals surface area contributed by atoms with Crippen molar-refractivity contribution in [3.63, 3.8) is 0 Å². The monoisotopic (exact) mass is 294 g/mol. The Morgan fingerprint density at radius 1 is 1.55 bits per heavy atom. The Hall–Kier alpha value is -1.77. The summed E-state index contributed by atoms with van der Waals surface area (Å²) in [5.74, 6) is -0.158. The molecule has 0 spiro atoms. The average Bonchev–Trinajstić information content (AvgIpc) is 2.84. The van der Waals surface area contributed by atoms with E-state index < -0.39 is 0 Å². The molecule has 0 saturated carbocycles. The van der Waals surface area contributed by atoms with Crippen LogP contribution in [-0.4, -0.2) is 58.3 Å². The summed E-state index contributed by atoms with van der Waals surface area (Å²) in [4.78, 5) is 23.6. The van der Waals surface area contributed by atoms with Gasteiger partial charge in [-0.3, -0.25) is 4.79 Å². The fourth-order valence-corrected chi connectivity index (χ4v) is 3.15. The number of anilines is 1. The predicted octanol–water partition coefficient (Wildman–Crippen LogP) is 0.107. The maximum atomic E-state index is 12.5. The minimum absolute atomic E-state index is 0.102. The molecule has 3 N–H and O–H groups in total. The summed E-state index contributed by atoms with van der Waals surface area (Å²) in [6.07, 6.45) is 2.79. The smallest absolute Gasteiger partial charge is 0.266 e. The number of nitrogens with two attached hydrogens (primary N) is 1. The fourth-order valence-electron chi connectivity index (χ4n) is 2.16. The SMILES string of the molecule is Nc1c(C(=O)N2CCOC(CO)C2)sc2nccnc12. The number of ether oxygens (including phenoxy) is 1. The number of morpholine rings is 1. The van der Waals surface area contributed by atoms with Gasteiger partial charge in [-0.1, -0.05) is 0 Å². The lowest BCUT2D eigenvalue weighted by Gasteiger charge is -2.31. The standard InChI is InChI=1S/C12H14N4O3S/c13-8-9-11(15-2-1-14-9)20-10(8)12(18)16-3-4-19-7(5-16)6-17/h1-2,7,17H,3-6,13H2. The number of carbonyl (C=O) groups is 1. The molecule has 0 radical (unpaired) electrons. The average molecular weight is 294 g/mol. The van der Waals surface area contributed by atoms with Crippen LogP contribution in [-0.2, 0) is 4.74 Å². The third-order valence-corrected chi connectivity index (χ3v) is 4.28. The Bertz CT molecular complexity index is 645. The Morgan fingerprint density at radius 3 is 3.10 bits per heavy atom. The molecular formula is C12H14N4O3S. The number of aliphatic hydroxyl groups excluding tert-OH is 1. The number of carbonyl (C=O) groups excluding carboxylic acids is 1. The number of amides is 1. The second-order valence-electron chi connectivity index (χ2n) is 4.48. The van der Waals surface area contributed by atoms with E-state index in [1.165, 1.54) is 11.3 Å². The molecule has 20 heavy (non-hydrogen) atoms. The highest BCUT2D eigenvalue weighted by atomic mass is 32.1. The van der Waals surface area contributed by atoms with Gasteiger partial charge < -0.3 is 20.5 Å². The molecule has 3 heterocycles. The summed E-state index contributed by atoms with van der Waals surface area (Å²) in [6, 6.07) is 0. The molecule has 0 aromatic carbocycles. The molecule has 3 rings (SSSR count). The Balaban J connectivity index is 1.90. The minimum atomic E-state index is -0.334. The van der Waals surface area contributed by atoms with Crippen LogP contribution in [0.2, 0.25) is 0 Å². The van der Waals surface area contributed by atoms with Crippen LogP contribution in [0.25, 0.3) is 10.3 Å². The molecule has 1 fully saturated rings. The molecule has 7 nitrogen and oxygen atoms in total. The van der Waals surface area contributed by atoms with Crippen LogP contribution in [0.15, 0.2) is 12.4 Å². The second-order valence-corrected chi connectivity index (χ2v) is 5.48. The van der Waals surface area contributed by atoms with E-state index >= 15 is 0 Å². The lowest BCUT2D eigenvalue weighted by Crippen LogP contribution is -2.46. The van der Waals surface area contributed by atoms with E-state index in [-0.39, 0.29) is 18.6 Å². The van der Waals surface area contributed by atoms with E-state index in [1.54, 1.807) is 17.3 Å². The van der Waals surface area contributed by atoms with Crippen molar-refractivity contribution in [1.82, 2.24) is 14.9 Å². The van der Waals surface area contributed by atoms with E-state index in [0.29, 0.717) is 40.6 Å². The van der Waals surface area contributed by atoms with E-state index in [4.69, 9.17) is 15.6 Å². The van der Waals surface area contributed by atoms with Gasteiger partial charge in [0.15, 0.2) is 0 Å². The molecule has 1 amide bonds. The molecule has 1 aliphatic heterocycles. The van der Waals surface area contributed by atoms with Gasteiger partial charge in [0.1, 0.15) is 15.2 Å². The van der Waals surface area contributed by atoms with Crippen molar-refractivity contribution >= 4 is 33.3 Å². The third-order valence-electron chi connectivity index (χ3n) is 3.19. The van der Waals surface area contributed by atoms with E-state index in [2.05, 4.69) is 9.97 Å². The highest BCUT2D eigenvalue weighted by Gasteiger charge is 2.28. The van der Waals surface area contributed by atoms with Gasteiger partial charge in [0, 0.05) is 25.5 Å². The first-order valence-electron chi connectivity index (χ1n) is 6.21. The lowest BCUT2D eigenvalue weighted by atomic mass is 10.2. The van der Waals surface area contributed by atoms with Crippen LogP contribution in [0, 0.1) is 0 Å². The zero-order valence-corrected chi connectivity index (χ0v) is 11.5. The molecule has 106 valence electrons. The number of thiophene rings is 1. The largest absolute Gasteiger partial charge is 0.396 e. The summed E-state index contributed by atoms with van der Waals surface area (Å²) in [5, 5.41) is 9.13. The zero-order valence-electron chi connectivity index (χ0n) is 10.7. The van der Waals surface area contributed by atoms with Crippen molar-refractivity contribution in [3.8, 4) is 0 Å². The van der Waals surface area contributed by atoms with Crippen molar-refractivity contribution in [1.29, 1.82) is 0 Å². The van der Waals surface area contributed by atoms with Crippen LogP contribution in [0.1, 0.15) is 9.67 Å². The van der Waals surface area contributed by atoms with Crippen LogP contribution in [0.3, 0.4) is 0 Å². The number of aliphatic hydroxyl groups is 1. The molecule has 1 atom stereocenters. The van der Waals surface area contributed by atoms with Gasteiger partial charge in [0.2, 0.25) is 0 Å². The maximum Gasteiger partial charge on any atom is 0.266 e. The van der Waals surface area contributed by atoms with Crippen molar-refractivity contribution in [3.05, 3.63) is 17.3 Å². The number of nitrogens with zero attached hydrogens (tertiary/aromatic N) is 3. The van der Waals surface area contributed by atoms with Gasteiger partial charge in [-0.05, 0) is 0 Å². The number of aromatic nitrogens is 2. The highest BCUT2D eigenvalue weighted by Crippen LogP contribution is 2.31. The predicted molar refractivity (Wildman–Crippen MR) is 74.6 cm³/mol. The molecule has 1 saturated heterocycles. The number of hydrogen-bond acceptors (Lipinski definition) is 7. The molecule has 1 aliphatic rings. The first kappa shape index (κ1) is 13.2. The normalized spacial score (nSPS) is 19.4. The summed E-state index contributed by atoms with van der Waals surface area (Å²) in [6.45, 7) is 1.17. The van der Waals surface area contributed by atoms with E-state index in [1.807, 2.05) is 0 Å². The zero-order chi connectivity index (χ0) is 14.1. The van der Waals surface area contributed by atoms with Gasteiger partial charge in [0.25, 0.3) is 5.91 Å². The number of nitrogen functional groups attached to an aromatic ring is 1. The lowest BCUT2D eigenvalue weighted by molar-refractivity contribution is -0.0445. The van der Waals surface area contributed by atoms with Gasteiger partial charge in [-0.2, -0.15) is 0 Å². The molecule has 2 aromatic heterocycles. The Labute approximate surface area is 119 Å². The summed E-state index contributed by atoms with van der Waals surface area (Å²) >= 11 is 1.24. The topological polar surface area (TPSA) is 102 Å². The molecular weight excluding hydrogens is 280 g/mol. The molecule has 0 bridgehead atoms. The number of fused-ring (bicyclic) bond motifs is 1. The second kappa shape index (κ2) is 5.31. The van der Waals surface area contributed by atoms with Gasteiger partial charge in [-0.15, -0.1) is 11.3 Å². The summed E-state index contributed by atoms with van der Waals surface area (Å²) in [5.41, 5.74) is 6.93. The fraction of sp³-hybridized carbons (Fsp3) is 0.417. The minimum Gasteiger partial charge on any atom is -0.396 e. The van der Waals surface area contributed by atoms with Crippen LogP contribution in [0.4, 0.5) is 5.69 Å². The van der Waals surface area contributed by atoms with Crippen molar-refractivity contribution in [2.75, 3.05) is 32.0 Å². The highest BCUT2D eigenvalue weighted by molar-refractivity contribution is 7.21. The van der Waals surface area contributed by atoms with Gasteiger partial charge in [0.05, 0.1) is 25.0 Å². The summed E-state index contributed by atoms with van der Waals surface area (Å²) in [7, 11) is 0. The summed E-state index contributed by atoms with van der Waals surface area (Å²) < 4.78 is 5.34. The first-order valence-corrected chi connectivity index (χ1v) is 7.03. The first-order chi connectivity index (χ1) is 9.70. The number of rotatable bonds is 2. The van der Waals surface area contributed by atoms with Crippen LogP contribution in [0.5, 0.6) is 0 Å². The quantitative estimate of drug-likeness (QED) is 0.815. The van der Waals surface area contributed by atoms with Gasteiger partial charge in [-0.25, -0.2) is 9.97 Å². The molecule has 8 heteroatoms. The molecule has 1 unspecified atom stereocenters.